The first kappa shape index (κ1) is 12.0. The Morgan fingerprint density at radius 3 is 2.76 bits per heavy atom. The molecule has 7 heteroatoms. The predicted molar refractivity (Wildman–Crippen MR) is 58.7 cm³/mol. The molecule has 1 aliphatic heterocycles. The molecule has 1 aromatic carbocycles. The predicted octanol–water partition coefficient (Wildman–Crippen LogP) is -0.0420. The van der Waals surface area contributed by atoms with Crippen LogP contribution in [0.1, 0.15) is 15.9 Å². The van der Waals surface area contributed by atoms with E-state index < -0.39 is 28.6 Å². The third-order valence-corrected chi connectivity index (χ3v) is 3.55. The minimum atomic E-state index is -3.83. The van der Waals surface area contributed by atoms with Crippen LogP contribution in [-0.4, -0.2) is 27.0 Å². The Morgan fingerprint density at radius 2 is 2.18 bits per heavy atom. The minimum absolute atomic E-state index is 0.120. The monoisotopic (exact) mass is 258 g/mol. The zero-order valence-corrected chi connectivity index (χ0v) is 9.63. The molecule has 0 bridgehead atoms. The molecule has 0 spiro atoms. The van der Waals surface area contributed by atoms with E-state index in [1.165, 1.54) is 18.2 Å². The third kappa shape index (κ3) is 2.29. The van der Waals surface area contributed by atoms with Gasteiger partial charge in [-0.2, -0.15) is 0 Å². The van der Waals surface area contributed by atoms with Crippen LogP contribution in [0.4, 0.5) is 4.39 Å². The number of alkyl halides is 1. The molecule has 92 valence electrons. The van der Waals surface area contributed by atoms with Crippen molar-refractivity contribution >= 4 is 15.9 Å². The van der Waals surface area contributed by atoms with E-state index in [2.05, 4.69) is 5.32 Å². The van der Waals surface area contributed by atoms with Crippen molar-refractivity contribution < 1.29 is 17.6 Å². The number of hydrogen-bond acceptors (Lipinski definition) is 3. The molecule has 0 saturated heterocycles. The summed E-state index contributed by atoms with van der Waals surface area (Å²) >= 11 is 0. The molecular weight excluding hydrogens is 247 g/mol. The van der Waals surface area contributed by atoms with Gasteiger partial charge in [-0.15, -0.1) is 0 Å². The fraction of sp³-hybridized carbons (Fsp3) is 0.300. The van der Waals surface area contributed by atoms with Gasteiger partial charge in [-0.1, -0.05) is 6.07 Å². The second kappa shape index (κ2) is 4.08. The van der Waals surface area contributed by atoms with Crippen LogP contribution >= 0.6 is 0 Å². The maximum Gasteiger partial charge on any atom is 0.251 e. The maximum atomic E-state index is 12.5. The van der Waals surface area contributed by atoms with Gasteiger partial charge in [0.15, 0.2) is 0 Å². The lowest BCUT2D eigenvalue weighted by Crippen LogP contribution is -2.42. The Morgan fingerprint density at radius 1 is 1.47 bits per heavy atom. The summed E-state index contributed by atoms with van der Waals surface area (Å²) in [5.74, 6) is -0.473. The summed E-state index contributed by atoms with van der Waals surface area (Å²) < 4.78 is 34.7. The van der Waals surface area contributed by atoms with Crippen molar-refractivity contribution in [3.63, 3.8) is 0 Å². The number of hydrogen-bond donors (Lipinski definition) is 2. The van der Waals surface area contributed by atoms with Crippen LogP contribution in [0.25, 0.3) is 0 Å². The average Bonchev–Trinajstić information content (AvgIpc) is 2.27. The number of carbonyl (C=O) groups excluding carboxylic acids is 1. The molecule has 1 aromatic rings. The highest BCUT2D eigenvalue weighted by Gasteiger charge is 2.25. The van der Waals surface area contributed by atoms with Crippen molar-refractivity contribution in [1.82, 2.24) is 5.32 Å². The van der Waals surface area contributed by atoms with Crippen LogP contribution in [-0.2, 0) is 16.4 Å². The first-order valence-corrected chi connectivity index (χ1v) is 6.49. The van der Waals surface area contributed by atoms with E-state index in [1.807, 2.05) is 0 Å². The quantitative estimate of drug-likeness (QED) is 0.780. The first-order valence-electron chi connectivity index (χ1n) is 4.94. The van der Waals surface area contributed by atoms with Crippen LogP contribution in [0.3, 0.4) is 0 Å². The van der Waals surface area contributed by atoms with Gasteiger partial charge in [0.25, 0.3) is 5.91 Å². The zero-order chi connectivity index (χ0) is 12.6. The lowest BCUT2D eigenvalue weighted by molar-refractivity contribution is 0.0917. The van der Waals surface area contributed by atoms with E-state index in [0.717, 1.165) is 0 Å². The lowest BCUT2D eigenvalue weighted by atomic mass is 9.96. The summed E-state index contributed by atoms with van der Waals surface area (Å²) in [5.41, 5.74) is 0.866. The summed E-state index contributed by atoms with van der Waals surface area (Å²) in [6.07, 6.45) is 0.350. The molecular formula is C10H11FN2O3S. The van der Waals surface area contributed by atoms with Crippen LogP contribution < -0.4 is 10.5 Å². The zero-order valence-electron chi connectivity index (χ0n) is 8.81. The molecule has 3 N–H and O–H groups in total. The number of carbonyl (C=O) groups is 1. The number of sulfonamides is 1. The molecule has 0 aromatic heterocycles. The Hall–Kier alpha value is -1.47. The number of nitrogens with one attached hydrogen (secondary N) is 1. The second-order valence-electron chi connectivity index (χ2n) is 3.89. The fourth-order valence-electron chi connectivity index (χ4n) is 1.79. The number of benzene rings is 1. The van der Waals surface area contributed by atoms with Crippen molar-refractivity contribution in [1.29, 1.82) is 0 Å². The maximum absolute atomic E-state index is 12.5. The van der Waals surface area contributed by atoms with Gasteiger partial charge in [-0.05, 0) is 24.1 Å². The highest BCUT2D eigenvalue weighted by atomic mass is 32.2. The van der Waals surface area contributed by atoms with Crippen molar-refractivity contribution in [3.05, 3.63) is 29.3 Å². The van der Waals surface area contributed by atoms with Crippen LogP contribution in [0, 0.1) is 0 Å². The fourth-order valence-corrected chi connectivity index (χ4v) is 2.33. The largest absolute Gasteiger partial charge is 0.346 e. The van der Waals surface area contributed by atoms with Crippen molar-refractivity contribution in [2.45, 2.75) is 17.4 Å². The number of nitrogens with two attached hydrogens (primary N) is 1. The average molecular weight is 258 g/mol. The molecule has 0 saturated carbocycles. The summed E-state index contributed by atoms with van der Waals surface area (Å²) in [5, 5.41) is 7.42. The highest BCUT2D eigenvalue weighted by molar-refractivity contribution is 7.89. The number of amides is 1. The molecule has 1 amide bonds. The van der Waals surface area contributed by atoms with Gasteiger partial charge < -0.3 is 5.32 Å². The van der Waals surface area contributed by atoms with Crippen LogP contribution in [0.2, 0.25) is 0 Å². The molecule has 1 aliphatic rings. The molecule has 5 nitrogen and oxygen atoms in total. The molecule has 0 unspecified atom stereocenters. The summed E-state index contributed by atoms with van der Waals surface area (Å²) in [6, 6.07) is 3.49. The summed E-state index contributed by atoms with van der Waals surface area (Å²) in [4.78, 5) is 11.5. The van der Waals surface area contributed by atoms with Gasteiger partial charge in [0.2, 0.25) is 10.0 Å². The standard InChI is InChI=1S/C10H11FN2O3S/c11-5-7-3-6-1-2-8(17(12,15)16)4-9(6)10(14)13-7/h1-2,4,7H,3,5H2,(H,13,14)(H2,12,15,16)/t7-/m1/s1. The molecule has 0 radical (unpaired) electrons. The first-order chi connectivity index (χ1) is 7.91. The number of rotatable bonds is 2. The van der Waals surface area contributed by atoms with Gasteiger partial charge in [-0.3, -0.25) is 4.79 Å². The molecule has 1 atom stereocenters. The molecule has 1 heterocycles. The summed E-state index contributed by atoms with van der Waals surface area (Å²) in [7, 11) is -3.83. The Kier molecular flexibility index (Phi) is 2.88. The SMILES string of the molecule is NS(=O)(=O)c1ccc2c(c1)C(=O)N[C@@H](CF)C2. The minimum Gasteiger partial charge on any atom is -0.346 e. The molecule has 0 aliphatic carbocycles. The van der Waals surface area contributed by atoms with Gasteiger partial charge in [0.1, 0.15) is 6.67 Å². The van der Waals surface area contributed by atoms with Crippen molar-refractivity contribution in [3.8, 4) is 0 Å². The normalized spacial score (nSPS) is 19.6. The number of fused-ring (bicyclic) bond motifs is 1. The third-order valence-electron chi connectivity index (χ3n) is 2.64. The topological polar surface area (TPSA) is 89.3 Å². The van der Waals surface area contributed by atoms with E-state index in [1.54, 1.807) is 0 Å². The van der Waals surface area contributed by atoms with E-state index >= 15 is 0 Å². The Balaban J connectivity index is 2.48. The smallest absolute Gasteiger partial charge is 0.251 e. The second-order valence-corrected chi connectivity index (χ2v) is 5.45. The molecule has 17 heavy (non-hydrogen) atoms. The molecule has 2 rings (SSSR count). The van der Waals surface area contributed by atoms with Gasteiger partial charge in [0.05, 0.1) is 10.9 Å². The number of halogens is 1. The van der Waals surface area contributed by atoms with Crippen LogP contribution in [0.5, 0.6) is 0 Å². The van der Waals surface area contributed by atoms with Crippen molar-refractivity contribution in [2.75, 3.05) is 6.67 Å². The van der Waals surface area contributed by atoms with E-state index in [9.17, 15) is 17.6 Å². The highest BCUT2D eigenvalue weighted by Crippen LogP contribution is 2.20. The van der Waals surface area contributed by atoms with E-state index in [4.69, 9.17) is 5.14 Å². The van der Waals surface area contributed by atoms with Crippen molar-refractivity contribution in [2.24, 2.45) is 5.14 Å². The summed E-state index contributed by atoms with van der Waals surface area (Å²) in [6.45, 7) is -0.651. The van der Waals surface area contributed by atoms with Crippen LogP contribution in [0.15, 0.2) is 23.1 Å². The van der Waals surface area contributed by atoms with Gasteiger partial charge in [-0.25, -0.2) is 17.9 Å². The Labute approximate surface area is 97.9 Å². The van der Waals surface area contributed by atoms with Gasteiger partial charge >= 0.3 is 0 Å². The molecule has 0 fully saturated rings. The van der Waals surface area contributed by atoms with E-state index in [-0.39, 0.29) is 10.5 Å². The van der Waals surface area contributed by atoms with Gasteiger partial charge in [0, 0.05) is 5.56 Å². The lowest BCUT2D eigenvalue weighted by Gasteiger charge is -2.23. The van der Waals surface area contributed by atoms with E-state index in [0.29, 0.717) is 12.0 Å². The Bertz CT molecular complexity index is 571. The number of primary sulfonamides is 1.